The molecule has 0 radical (unpaired) electrons. The second-order valence-electron chi connectivity index (χ2n) is 5.03. The highest BCUT2D eigenvalue weighted by atomic mass is 16.2. The Morgan fingerprint density at radius 2 is 2.26 bits per heavy atom. The third kappa shape index (κ3) is 2.21. The molecule has 1 amide bonds. The van der Waals surface area contributed by atoms with E-state index in [9.17, 15) is 4.79 Å². The van der Waals surface area contributed by atoms with Crippen molar-refractivity contribution >= 4 is 16.8 Å². The largest absolute Gasteiger partial charge is 0.336 e. The summed E-state index contributed by atoms with van der Waals surface area (Å²) in [4.78, 5) is 14.3. The van der Waals surface area contributed by atoms with E-state index in [0.29, 0.717) is 5.69 Å². The fourth-order valence-corrected chi connectivity index (χ4v) is 2.62. The number of nitrogens with one attached hydrogen (secondary N) is 2. The van der Waals surface area contributed by atoms with Gasteiger partial charge in [0.15, 0.2) is 5.69 Å². The second kappa shape index (κ2) is 5.01. The molecule has 0 spiro atoms. The summed E-state index contributed by atoms with van der Waals surface area (Å²) in [7, 11) is 1.86. The van der Waals surface area contributed by atoms with Gasteiger partial charge in [0.1, 0.15) is 0 Å². The van der Waals surface area contributed by atoms with Gasteiger partial charge >= 0.3 is 0 Å². The van der Waals surface area contributed by atoms with Crippen molar-refractivity contribution in [1.29, 1.82) is 0 Å². The molecule has 2 N–H and O–H groups in total. The second-order valence-corrected chi connectivity index (χ2v) is 5.03. The van der Waals surface area contributed by atoms with E-state index in [-0.39, 0.29) is 11.9 Å². The number of fused-ring (bicyclic) bond motifs is 1. The van der Waals surface area contributed by atoms with Crippen LogP contribution in [-0.2, 0) is 0 Å². The number of amides is 1. The van der Waals surface area contributed by atoms with Gasteiger partial charge in [0.25, 0.3) is 5.91 Å². The van der Waals surface area contributed by atoms with Crippen LogP contribution < -0.4 is 5.32 Å². The average molecular weight is 258 g/mol. The first kappa shape index (κ1) is 12.2. The summed E-state index contributed by atoms with van der Waals surface area (Å²) in [5.74, 6) is -0.00819. The van der Waals surface area contributed by atoms with E-state index in [4.69, 9.17) is 0 Å². The monoisotopic (exact) mass is 258 g/mol. The van der Waals surface area contributed by atoms with E-state index in [1.54, 1.807) is 0 Å². The predicted molar refractivity (Wildman–Crippen MR) is 74.1 cm³/mol. The van der Waals surface area contributed by atoms with Crippen LogP contribution in [0.3, 0.4) is 0 Å². The van der Waals surface area contributed by atoms with E-state index >= 15 is 0 Å². The van der Waals surface area contributed by atoms with Crippen LogP contribution >= 0.6 is 0 Å². The molecular formula is C14H18N4O. The molecule has 1 saturated heterocycles. The number of likely N-dealkylation sites (N-methyl/N-ethyl adjacent to an activating group) is 1. The number of rotatable bonds is 2. The number of aromatic amines is 1. The zero-order valence-electron chi connectivity index (χ0n) is 11.0. The van der Waals surface area contributed by atoms with Gasteiger partial charge < -0.3 is 10.2 Å². The Hall–Kier alpha value is -1.88. The van der Waals surface area contributed by atoms with Gasteiger partial charge in [-0.05, 0) is 25.5 Å². The Morgan fingerprint density at radius 1 is 1.42 bits per heavy atom. The molecule has 1 aromatic carbocycles. The quantitative estimate of drug-likeness (QED) is 0.855. The Labute approximate surface area is 112 Å². The lowest BCUT2D eigenvalue weighted by molar-refractivity contribution is 0.0704. The van der Waals surface area contributed by atoms with Crippen molar-refractivity contribution in [2.75, 3.05) is 20.1 Å². The zero-order chi connectivity index (χ0) is 13.2. The first-order chi connectivity index (χ1) is 9.27. The maximum Gasteiger partial charge on any atom is 0.275 e. The Bertz CT molecular complexity index is 586. The molecule has 0 aliphatic carbocycles. The van der Waals surface area contributed by atoms with Crippen LogP contribution in [0.2, 0.25) is 0 Å². The third-order valence-electron chi connectivity index (χ3n) is 3.81. The minimum atomic E-state index is -0.00819. The van der Waals surface area contributed by atoms with Gasteiger partial charge in [0, 0.05) is 25.0 Å². The molecule has 1 aliphatic heterocycles. The topological polar surface area (TPSA) is 61.0 Å². The van der Waals surface area contributed by atoms with Gasteiger partial charge in [0.05, 0.1) is 5.52 Å². The van der Waals surface area contributed by atoms with Crippen molar-refractivity contribution in [2.24, 2.45) is 0 Å². The van der Waals surface area contributed by atoms with E-state index in [2.05, 4.69) is 15.5 Å². The minimum absolute atomic E-state index is 0.00819. The number of para-hydroxylation sites is 1. The van der Waals surface area contributed by atoms with E-state index in [1.165, 1.54) is 0 Å². The van der Waals surface area contributed by atoms with Gasteiger partial charge in [-0.3, -0.25) is 9.89 Å². The normalized spacial score (nSPS) is 19.5. The summed E-state index contributed by atoms with van der Waals surface area (Å²) < 4.78 is 0. The number of piperidine rings is 1. The van der Waals surface area contributed by atoms with Crippen molar-refractivity contribution in [2.45, 2.75) is 18.9 Å². The van der Waals surface area contributed by atoms with Crippen molar-refractivity contribution in [3.63, 3.8) is 0 Å². The first-order valence-electron chi connectivity index (χ1n) is 6.68. The molecule has 5 heteroatoms. The molecule has 1 atom stereocenters. The molecule has 2 heterocycles. The maximum atomic E-state index is 12.5. The minimum Gasteiger partial charge on any atom is -0.336 e. The van der Waals surface area contributed by atoms with Crippen molar-refractivity contribution in [3.05, 3.63) is 30.0 Å². The van der Waals surface area contributed by atoms with Crippen LogP contribution in [0.25, 0.3) is 10.9 Å². The molecule has 1 aromatic heterocycles. The van der Waals surface area contributed by atoms with Crippen LogP contribution in [0.5, 0.6) is 0 Å². The molecule has 0 saturated carbocycles. The predicted octanol–water partition coefficient (Wildman–Crippen LogP) is 1.39. The highest BCUT2D eigenvalue weighted by molar-refractivity contribution is 6.04. The number of nitrogens with zero attached hydrogens (tertiary/aromatic N) is 2. The molecule has 100 valence electrons. The van der Waals surface area contributed by atoms with Crippen LogP contribution in [0.4, 0.5) is 0 Å². The fourth-order valence-electron chi connectivity index (χ4n) is 2.62. The Morgan fingerprint density at radius 3 is 3.05 bits per heavy atom. The van der Waals surface area contributed by atoms with Crippen LogP contribution in [0.15, 0.2) is 24.3 Å². The number of aromatic nitrogens is 2. The van der Waals surface area contributed by atoms with Crippen molar-refractivity contribution < 1.29 is 4.79 Å². The number of H-pyrrole nitrogens is 1. The molecule has 2 aromatic rings. The van der Waals surface area contributed by atoms with Crippen LogP contribution in [0, 0.1) is 0 Å². The molecule has 1 unspecified atom stereocenters. The van der Waals surface area contributed by atoms with Gasteiger partial charge in [-0.1, -0.05) is 18.2 Å². The zero-order valence-corrected chi connectivity index (χ0v) is 11.0. The lowest BCUT2D eigenvalue weighted by atomic mass is 10.1. The number of carbonyl (C=O) groups excluding carboxylic acids is 1. The summed E-state index contributed by atoms with van der Waals surface area (Å²) in [6.45, 7) is 1.91. The molecule has 1 fully saturated rings. The number of carbonyl (C=O) groups is 1. The lowest BCUT2D eigenvalue weighted by Crippen LogP contribution is -2.46. The summed E-state index contributed by atoms with van der Waals surface area (Å²) in [6, 6.07) is 7.98. The number of hydrogen-bond donors (Lipinski definition) is 2. The molecule has 3 rings (SSSR count). The smallest absolute Gasteiger partial charge is 0.275 e. The molecule has 19 heavy (non-hydrogen) atoms. The SMILES string of the molecule is CN(C(=O)c1n[nH]c2ccccc12)C1CCCNC1. The lowest BCUT2D eigenvalue weighted by Gasteiger charge is -2.31. The number of hydrogen-bond acceptors (Lipinski definition) is 3. The van der Waals surface area contributed by atoms with Crippen molar-refractivity contribution in [1.82, 2.24) is 20.4 Å². The highest BCUT2D eigenvalue weighted by Gasteiger charge is 2.25. The summed E-state index contributed by atoms with van der Waals surface area (Å²) >= 11 is 0. The molecule has 1 aliphatic rings. The van der Waals surface area contributed by atoms with Crippen molar-refractivity contribution in [3.8, 4) is 0 Å². The van der Waals surface area contributed by atoms with E-state index < -0.39 is 0 Å². The van der Waals surface area contributed by atoms with Gasteiger partial charge in [-0.2, -0.15) is 5.10 Å². The van der Waals surface area contributed by atoms with Crippen LogP contribution in [-0.4, -0.2) is 47.2 Å². The molecule has 0 bridgehead atoms. The average Bonchev–Trinajstić information content (AvgIpc) is 2.90. The third-order valence-corrected chi connectivity index (χ3v) is 3.81. The van der Waals surface area contributed by atoms with Gasteiger partial charge in [0.2, 0.25) is 0 Å². The van der Waals surface area contributed by atoms with Gasteiger partial charge in [-0.15, -0.1) is 0 Å². The van der Waals surface area contributed by atoms with Crippen LogP contribution in [0.1, 0.15) is 23.3 Å². The Balaban J connectivity index is 1.86. The summed E-state index contributed by atoms with van der Waals surface area (Å²) in [6.07, 6.45) is 2.17. The molecule has 5 nitrogen and oxygen atoms in total. The van der Waals surface area contributed by atoms with Gasteiger partial charge in [-0.25, -0.2) is 0 Å². The maximum absolute atomic E-state index is 12.5. The molecular weight excluding hydrogens is 240 g/mol. The highest BCUT2D eigenvalue weighted by Crippen LogP contribution is 2.18. The van der Waals surface area contributed by atoms with E-state index in [0.717, 1.165) is 36.8 Å². The number of benzene rings is 1. The summed E-state index contributed by atoms with van der Waals surface area (Å²) in [5, 5.41) is 11.3. The Kier molecular flexibility index (Phi) is 3.21. The fraction of sp³-hybridized carbons (Fsp3) is 0.429. The van der Waals surface area contributed by atoms with E-state index in [1.807, 2.05) is 36.2 Å². The summed E-state index contributed by atoms with van der Waals surface area (Å²) in [5.41, 5.74) is 1.42. The first-order valence-corrected chi connectivity index (χ1v) is 6.68. The standard InChI is InChI=1S/C14H18N4O/c1-18(10-5-4-8-15-9-10)14(19)13-11-6-2-3-7-12(11)16-17-13/h2-3,6-7,10,15H,4-5,8-9H2,1H3,(H,16,17).